The number of halogens is 1. The van der Waals surface area contributed by atoms with Crippen LogP contribution in [0.15, 0.2) is 36.9 Å². The Morgan fingerprint density at radius 2 is 1.89 bits per heavy atom. The minimum absolute atomic E-state index is 0.152. The molecule has 0 saturated carbocycles. The molecule has 45 heavy (non-hydrogen) atoms. The lowest BCUT2D eigenvalue weighted by molar-refractivity contribution is -0.121. The van der Waals surface area contributed by atoms with Gasteiger partial charge in [0.25, 0.3) is 5.91 Å². The zero-order valence-corrected chi connectivity index (χ0v) is 27.8. The van der Waals surface area contributed by atoms with Crippen LogP contribution in [0.25, 0.3) is 16.7 Å². The number of nitrogens with zero attached hydrogens (tertiary/aromatic N) is 6. The van der Waals surface area contributed by atoms with E-state index < -0.39 is 31.5 Å². The Hall–Kier alpha value is -4.30. The summed E-state index contributed by atoms with van der Waals surface area (Å²) in [5, 5.41) is 2.77. The molecule has 1 saturated heterocycles. The summed E-state index contributed by atoms with van der Waals surface area (Å²) in [4.78, 5) is 51.3. The van der Waals surface area contributed by atoms with Crippen molar-refractivity contribution in [3.63, 3.8) is 0 Å². The number of hydrogen-bond acceptors (Lipinski definition) is 7. The fourth-order valence-corrected chi connectivity index (χ4v) is 5.82. The third-order valence-electron chi connectivity index (χ3n) is 7.26. The first-order chi connectivity index (χ1) is 21.1. The predicted molar refractivity (Wildman–Crippen MR) is 172 cm³/mol. The summed E-state index contributed by atoms with van der Waals surface area (Å²) in [5.74, 6) is -1.35. The van der Waals surface area contributed by atoms with Crippen LogP contribution in [0, 0.1) is 12.7 Å². The van der Waals surface area contributed by atoms with Gasteiger partial charge in [-0.3, -0.25) is 14.5 Å². The van der Waals surface area contributed by atoms with E-state index in [1.807, 2.05) is 0 Å². The first-order valence-corrected chi connectivity index (χ1v) is 18.6. The van der Waals surface area contributed by atoms with Crippen LogP contribution >= 0.6 is 0 Å². The Labute approximate surface area is 262 Å². The number of ether oxygens (including phenoxy) is 2. The van der Waals surface area contributed by atoms with Crippen molar-refractivity contribution < 1.29 is 28.2 Å². The molecule has 1 aromatic carbocycles. The summed E-state index contributed by atoms with van der Waals surface area (Å²) in [6.45, 7) is 15.0. The zero-order chi connectivity index (χ0) is 32.7. The number of nitrogens with one attached hydrogen (secondary N) is 1. The zero-order valence-electron chi connectivity index (χ0n) is 26.8. The molecule has 1 N–H and O–H groups in total. The molecule has 0 unspecified atom stereocenters. The van der Waals surface area contributed by atoms with Crippen molar-refractivity contribution >= 4 is 54.0 Å². The molecule has 1 fully saturated rings. The highest BCUT2D eigenvalue weighted by Crippen LogP contribution is 2.31. The molecule has 0 spiro atoms. The van der Waals surface area contributed by atoms with Crippen LogP contribution < -0.4 is 10.2 Å². The second-order valence-corrected chi connectivity index (χ2v) is 19.1. The summed E-state index contributed by atoms with van der Waals surface area (Å²) >= 11 is 0. The van der Waals surface area contributed by atoms with Crippen LogP contribution in [0.5, 0.6) is 0 Å². The highest BCUT2D eigenvalue weighted by Gasteiger charge is 2.33. The van der Waals surface area contributed by atoms with Gasteiger partial charge in [-0.15, -0.1) is 0 Å². The maximum Gasteiger partial charge on any atom is 0.410 e. The summed E-state index contributed by atoms with van der Waals surface area (Å²) < 4.78 is 29.5. The van der Waals surface area contributed by atoms with Crippen molar-refractivity contribution in [3.8, 4) is 0 Å². The van der Waals surface area contributed by atoms with E-state index >= 15 is 0 Å². The number of piperazine rings is 1. The maximum absolute atomic E-state index is 14.7. The number of amides is 3. The van der Waals surface area contributed by atoms with E-state index in [-0.39, 0.29) is 49.2 Å². The molecule has 1 aliphatic rings. The van der Waals surface area contributed by atoms with E-state index in [1.54, 1.807) is 68.0 Å². The topological polar surface area (TPSA) is 123 Å². The first kappa shape index (κ1) is 32.1. The van der Waals surface area contributed by atoms with Crippen LogP contribution in [-0.2, 0) is 21.0 Å². The van der Waals surface area contributed by atoms with Crippen molar-refractivity contribution in [2.75, 3.05) is 36.5 Å². The number of fused-ring (bicyclic) bond motifs is 2. The lowest BCUT2D eigenvalue weighted by Gasteiger charge is -2.35. The van der Waals surface area contributed by atoms with Crippen LogP contribution in [0.1, 0.15) is 36.8 Å². The monoisotopic (exact) mass is 637 g/mol. The van der Waals surface area contributed by atoms with Crippen LogP contribution in [-0.4, -0.2) is 81.7 Å². The average Bonchev–Trinajstić information content (AvgIpc) is 3.52. The molecule has 14 heteroatoms. The van der Waals surface area contributed by atoms with Crippen molar-refractivity contribution in [1.29, 1.82) is 0 Å². The Morgan fingerprint density at radius 3 is 2.58 bits per heavy atom. The number of aromatic nitrogens is 4. The minimum atomic E-state index is -1.32. The molecular formula is C31H40FN7O5Si. The third kappa shape index (κ3) is 7.33. The van der Waals surface area contributed by atoms with Crippen molar-refractivity contribution in [2.45, 2.75) is 65.7 Å². The van der Waals surface area contributed by atoms with E-state index in [9.17, 15) is 18.8 Å². The van der Waals surface area contributed by atoms with E-state index in [0.717, 1.165) is 6.04 Å². The smallest absolute Gasteiger partial charge is 0.410 e. The lowest BCUT2D eigenvalue weighted by Crippen LogP contribution is -2.53. The molecule has 5 rings (SSSR count). The molecule has 12 nitrogen and oxygen atoms in total. The number of aryl methyl sites for hydroxylation is 1. The van der Waals surface area contributed by atoms with Gasteiger partial charge in [-0.05, 0) is 45.9 Å². The van der Waals surface area contributed by atoms with Gasteiger partial charge < -0.3 is 28.7 Å². The molecule has 4 heterocycles. The summed E-state index contributed by atoms with van der Waals surface area (Å²) in [6, 6.07) is 5.49. The molecule has 0 atom stereocenters. The van der Waals surface area contributed by atoms with Gasteiger partial charge in [-0.1, -0.05) is 19.6 Å². The van der Waals surface area contributed by atoms with Gasteiger partial charge in [0.1, 0.15) is 24.4 Å². The largest absolute Gasteiger partial charge is 0.444 e. The molecule has 4 aromatic rings. The van der Waals surface area contributed by atoms with Gasteiger partial charge in [-0.25, -0.2) is 19.2 Å². The minimum Gasteiger partial charge on any atom is -0.444 e. The number of imidazole rings is 2. The predicted octanol–water partition coefficient (Wildman–Crippen LogP) is 5.28. The quantitative estimate of drug-likeness (QED) is 0.206. The van der Waals surface area contributed by atoms with E-state index in [4.69, 9.17) is 9.47 Å². The highest BCUT2D eigenvalue weighted by molar-refractivity contribution is 6.76. The first-order valence-electron chi connectivity index (χ1n) is 14.9. The number of carbonyl (C=O) groups is 3. The second-order valence-electron chi connectivity index (χ2n) is 13.5. The average molecular weight is 638 g/mol. The number of anilines is 2. The Balaban J connectivity index is 1.45. The molecule has 3 amide bonds. The molecular weight excluding hydrogens is 597 g/mol. The fraction of sp³-hybridized carbons (Fsp3) is 0.452. The lowest BCUT2D eigenvalue weighted by atomic mass is 10.1. The number of rotatable bonds is 8. The van der Waals surface area contributed by atoms with Gasteiger partial charge in [0.05, 0.1) is 34.5 Å². The van der Waals surface area contributed by atoms with Gasteiger partial charge >= 0.3 is 6.09 Å². The third-order valence-corrected chi connectivity index (χ3v) is 8.97. The summed E-state index contributed by atoms with van der Waals surface area (Å²) in [7, 11) is -1.32. The van der Waals surface area contributed by atoms with Crippen molar-refractivity contribution in [2.24, 2.45) is 0 Å². The Kier molecular flexibility index (Phi) is 8.73. The highest BCUT2D eigenvalue weighted by atomic mass is 28.3. The van der Waals surface area contributed by atoms with E-state index in [1.165, 1.54) is 15.4 Å². The molecule has 240 valence electrons. The van der Waals surface area contributed by atoms with Gasteiger partial charge in [0, 0.05) is 46.2 Å². The second kappa shape index (κ2) is 12.2. The van der Waals surface area contributed by atoms with E-state index in [0.29, 0.717) is 29.0 Å². The number of carbonyl (C=O) groups excluding carboxylic acids is 3. The number of pyridine rings is 1. The van der Waals surface area contributed by atoms with Crippen LogP contribution in [0.4, 0.5) is 20.6 Å². The molecule has 1 aliphatic heterocycles. The Morgan fingerprint density at radius 1 is 1.13 bits per heavy atom. The maximum atomic E-state index is 14.7. The van der Waals surface area contributed by atoms with Gasteiger partial charge in [0.15, 0.2) is 11.5 Å². The number of hydrogen-bond donors (Lipinski definition) is 1. The Bertz CT molecular complexity index is 1770. The van der Waals surface area contributed by atoms with Crippen molar-refractivity contribution in [3.05, 3.63) is 54.0 Å². The summed E-state index contributed by atoms with van der Waals surface area (Å²) in [5.41, 5.74) is 2.08. The standard InChI is InChI=1S/C31H40FN7O5Si/c1-20-15-37-16-21(14-23(32)28(37)34-20)35-29(41)22-8-9-24(27-26(22)33-18-38(27)19-43-12-13-45(5,6)7)39-11-10-36(17-25(39)40)30(42)44-31(2,3)4/h8-9,14-16,18H,10-13,17,19H2,1-7H3,(H,35,41). The molecule has 0 radical (unpaired) electrons. The van der Waals surface area contributed by atoms with Gasteiger partial charge in [0.2, 0.25) is 5.91 Å². The summed E-state index contributed by atoms with van der Waals surface area (Å²) in [6.07, 6.45) is 4.30. The molecule has 0 bridgehead atoms. The van der Waals surface area contributed by atoms with Crippen molar-refractivity contribution in [1.82, 2.24) is 23.8 Å². The molecule has 0 aliphatic carbocycles. The normalized spacial score (nSPS) is 14.4. The van der Waals surface area contributed by atoms with E-state index in [2.05, 4.69) is 34.9 Å². The van der Waals surface area contributed by atoms with Crippen LogP contribution in [0.3, 0.4) is 0 Å². The van der Waals surface area contributed by atoms with Gasteiger partial charge in [-0.2, -0.15) is 0 Å². The molecule has 3 aromatic heterocycles. The fourth-order valence-electron chi connectivity index (χ4n) is 5.06. The van der Waals surface area contributed by atoms with Crippen LogP contribution in [0.2, 0.25) is 25.7 Å². The SMILES string of the molecule is Cc1cn2cc(NC(=O)c3ccc(N4CCN(C(=O)OC(C)(C)C)CC4=O)c4c3ncn4COCC[Si](C)(C)C)cc(F)c2n1. The number of benzene rings is 1.